The Kier molecular flexibility index (Phi) is 6.61. The van der Waals surface area contributed by atoms with Gasteiger partial charge >= 0.3 is 11.7 Å². The van der Waals surface area contributed by atoms with E-state index in [4.69, 9.17) is 5.11 Å². The number of hydrogen-bond donors (Lipinski definition) is 4. The third-order valence-electron chi connectivity index (χ3n) is 4.57. The van der Waals surface area contributed by atoms with Gasteiger partial charge in [0.15, 0.2) is 11.5 Å². The Morgan fingerprint density at radius 1 is 1.28 bits per heavy atom. The largest absolute Gasteiger partial charge is 0.481 e. The van der Waals surface area contributed by atoms with Gasteiger partial charge < -0.3 is 20.5 Å². The standard InChI is InChI=1S/C20H25N5O4/c1-2-10-25-19-17(22-15(23-19)8-9-16(27)28)18(24-20(25)29)21-14(12-26)11-13-6-4-3-5-7-13/h3-7,14,26H,2,8-12H2,1H3,(H,22,23)(H,27,28)(H,21,24,29)/t14-/m1/s1. The van der Waals surface area contributed by atoms with Gasteiger partial charge in [0, 0.05) is 13.0 Å². The molecule has 3 aromatic rings. The SMILES string of the molecule is CCCn1c(=O)nc(N[C@@H](CO)Cc2ccccc2)c2[nH]c(CCC(=O)O)nc21. The number of anilines is 1. The van der Waals surface area contributed by atoms with Crippen LogP contribution in [-0.2, 0) is 24.2 Å². The Morgan fingerprint density at radius 3 is 2.69 bits per heavy atom. The number of rotatable bonds is 10. The number of aliphatic hydroxyl groups is 1. The average Bonchev–Trinajstić information content (AvgIpc) is 3.14. The van der Waals surface area contributed by atoms with Crippen molar-refractivity contribution in [3.05, 3.63) is 52.2 Å². The summed E-state index contributed by atoms with van der Waals surface area (Å²) < 4.78 is 1.48. The van der Waals surface area contributed by atoms with Gasteiger partial charge in [-0.15, -0.1) is 0 Å². The highest BCUT2D eigenvalue weighted by molar-refractivity contribution is 5.83. The number of aryl methyl sites for hydroxylation is 2. The van der Waals surface area contributed by atoms with Crippen molar-refractivity contribution in [2.45, 2.75) is 45.2 Å². The maximum atomic E-state index is 12.5. The van der Waals surface area contributed by atoms with Crippen molar-refractivity contribution >= 4 is 23.0 Å². The van der Waals surface area contributed by atoms with Crippen molar-refractivity contribution < 1.29 is 15.0 Å². The van der Waals surface area contributed by atoms with E-state index in [9.17, 15) is 14.7 Å². The summed E-state index contributed by atoms with van der Waals surface area (Å²) in [4.78, 5) is 35.1. The molecule has 0 saturated carbocycles. The summed E-state index contributed by atoms with van der Waals surface area (Å²) in [5.41, 5.74) is 1.58. The first kappa shape index (κ1) is 20.5. The molecular formula is C20H25N5O4. The van der Waals surface area contributed by atoms with Crippen molar-refractivity contribution in [1.29, 1.82) is 0 Å². The number of H-pyrrole nitrogens is 1. The van der Waals surface area contributed by atoms with E-state index in [1.54, 1.807) is 0 Å². The minimum Gasteiger partial charge on any atom is -0.481 e. The maximum absolute atomic E-state index is 12.5. The molecule has 2 aromatic heterocycles. The van der Waals surface area contributed by atoms with Crippen molar-refractivity contribution in [2.24, 2.45) is 0 Å². The van der Waals surface area contributed by atoms with Crippen LogP contribution < -0.4 is 11.0 Å². The van der Waals surface area contributed by atoms with Gasteiger partial charge in [-0.1, -0.05) is 37.3 Å². The molecule has 1 atom stereocenters. The van der Waals surface area contributed by atoms with Gasteiger partial charge in [-0.25, -0.2) is 9.78 Å². The van der Waals surface area contributed by atoms with E-state index in [-0.39, 0.29) is 25.5 Å². The Labute approximate surface area is 167 Å². The second kappa shape index (κ2) is 9.33. The van der Waals surface area contributed by atoms with Crippen molar-refractivity contribution in [3.8, 4) is 0 Å². The van der Waals surface area contributed by atoms with E-state index in [0.29, 0.717) is 35.8 Å². The van der Waals surface area contributed by atoms with E-state index in [1.807, 2.05) is 37.3 Å². The Balaban J connectivity index is 1.96. The number of hydrogen-bond acceptors (Lipinski definition) is 6. The fraction of sp³-hybridized carbons (Fsp3) is 0.400. The molecule has 154 valence electrons. The van der Waals surface area contributed by atoms with Gasteiger partial charge in [0.05, 0.1) is 19.1 Å². The molecule has 0 spiro atoms. The summed E-state index contributed by atoms with van der Waals surface area (Å²) in [6, 6.07) is 9.36. The number of aromatic nitrogens is 4. The highest BCUT2D eigenvalue weighted by atomic mass is 16.4. The fourth-order valence-electron chi connectivity index (χ4n) is 3.20. The van der Waals surface area contributed by atoms with Crippen molar-refractivity contribution in [1.82, 2.24) is 19.5 Å². The molecule has 0 fully saturated rings. The zero-order valence-corrected chi connectivity index (χ0v) is 16.3. The first-order valence-corrected chi connectivity index (χ1v) is 9.64. The normalized spacial score (nSPS) is 12.2. The molecular weight excluding hydrogens is 374 g/mol. The summed E-state index contributed by atoms with van der Waals surface area (Å²) in [6.45, 7) is 2.26. The molecule has 29 heavy (non-hydrogen) atoms. The van der Waals surface area contributed by atoms with Gasteiger partial charge in [0.25, 0.3) is 0 Å². The number of aliphatic hydroxyl groups excluding tert-OH is 1. The fourth-order valence-corrected chi connectivity index (χ4v) is 3.20. The molecule has 1 aromatic carbocycles. The quantitative estimate of drug-likeness (QED) is 0.406. The first-order chi connectivity index (χ1) is 14.0. The molecule has 0 amide bonds. The van der Waals surface area contributed by atoms with Gasteiger partial charge in [0.1, 0.15) is 11.3 Å². The number of benzene rings is 1. The highest BCUT2D eigenvalue weighted by Gasteiger charge is 2.18. The minimum atomic E-state index is -0.920. The maximum Gasteiger partial charge on any atom is 0.351 e. The monoisotopic (exact) mass is 399 g/mol. The summed E-state index contributed by atoms with van der Waals surface area (Å²) in [5.74, 6) is -0.135. The van der Waals surface area contributed by atoms with Crippen LogP contribution in [0.4, 0.5) is 5.82 Å². The van der Waals surface area contributed by atoms with Crippen LogP contribution in [0.3, 0.4) is 0 Å². The van der Waals surface area contributed by atoms with Gasteiger partial charge in [-0.3, -0.25) is 9.36 Å². The number of nitrogens with zero attached hydrogens (tertiary/aromatic N) is 3. The number of aromatic amines is 1. The lowest BCUT2D eigenvalue weighted by Crippen LogP contribution is -2.30. The van der Waals surface area contributed by atoms with Crippen LogP contribution in [0.5, 0.6) is 0 Å². The average molecular weight is 399 g/mol. The van der Waals surface area contributed by atoms with Crippen LogP contribution in [0.2, 0.25) is 0 Å². The van der Waals surface area contributed by atoms with E-state index >= 15 is 0 Å². The predicted molar refractivity (Wildman–Crippen MR) is 109 cm³/mol. The van der Waals surface area contributed by atoms with Crippen molar-refractivity contribution in [2.75, 3.05) is 11.9 Å². The zero-order chi connectivity index (χ0) is 20.8. The van der Waals surface area contributed by atoms with Crippen LogP contribution in [0.1, 0.15) is 31.2 Å². The third kappa shape index (κ3) is 5.00. The van der Waals surface area contributed by atoms with Crippen LogP contribution >= 0.6 is 0 Å². The van der Waals surface area contributed by atoms with Crippen LogP contribution in [0, 0.1) is 0 Å². The van der Waals surface area contributed by atoms with Crippen LogP contribution in [-0.4, -0.2) is 48.4 Å². The predicted octanol–water partition coefficient (Wildman–Crippen LogP) is 1.56. The third-order valence-corrected chi connectivity index (χ3v) is 4.57. The number of carboxylic acid groups (broad SMARTS) is 1. The molecule has 3 rings (SSSR count). The van der Waals surface area contributed by atoms with Crippen LogP contribution in [0.25, 0.3) is 11.2 Å². The van der Waals surface area contributed by atoms with Gasteiger partial charge in [-0.05, 0) is 18.4 Å². The summed E-state index contributed by atoms with van der Waals surface area (Å²) in [7, 11) is 0. The molecule has 0 aliphatic carbocycles. The number of carbonyl (C=O) groups is 1. The first-order valence-electron chi connectivity index (χ1n) is 9.64. The molecule has 0 aliphatic heterocycles. The molecule has 0 radical (unpaired) electrons. The van der Waals surface area contributed by atoms with Crippen LogP contribution in [0.15, 0.2) is 35.1 Å². The van der Waals surface area contributed by atoms with Gasteiger partial charge in [0.2, 0.25) is 0 Å². The summed E-state index contributed by atoms with van der Waals surface area (Å²) >= 11 is 0. The Morgan fingerprint density at radius 2 is 2.03 bits per heavy atom. The van der Waals surface area contributed by atoms with E-state index in [1.165, 1.54) is 4.57 Å². The second-order valence-electron chi connectivity index (χ2n) is 6.88. The molecule has 9 heteroatoms. The lowest BCUT2D eigenvalue weighted by atomic mass is 10.1. The van der Waals surface area contributed by atoms with E-state index < -0.39 is 11.7 Å². The van der Waals surface area contributed by atoms with E-state index in [2.05, 4.69) is 20.3 Å². The lowest BCUT2D eigenvalue weighted by Gasteiger charge is -2.18. The smallest absolute Gasteiger partial charge is 0.351 e. The minimum absolute atomic E-state index is 0.0682. The topological polar surface area (TPSA) is 133 Å². The second-order valence-corrected chi connectivity index (χ2v) is 6.88. The molecule has 2 heterocycles. The molecule has 0 bridgehead atoms. The number of carboxylic acids is 1. The number of nitrogens with one attached hydrogen (secondary N) is 2. The molecule has 9 nitrogen and oxygen atoms in total. The zero-order valence-electron chi connectivity index (χ0n) is 16.3. The van der Waals surface area contributed by atoms with Crippen molar-refractivity contribution in [3.63, 3.8) is 0 Å². The molecule has 0 saturated heterocycles. The number of aliphatic carboxylic acids is 1. The summed E-state index contributed by atoms with van der Waals surface area (Å²) in [5, 5.41) is 21.9. The van der Waals surface area contributed by atoms with Gasteiger partial charge in [-0.2, -0.15) is 4.98 Å². The lowest BCUT2D eigenvalue weighted by molar-refractivity contribution is -0.137. The number of imidazole rings is 1. The number of fused-ring (bicyclic) bond motifs is 1. The molecule has 4 N–H and O–H groups in total. The van der Waals surface area contributed by atoms with E-state index in [0.717, 1.165) is 12.0 Å². The Hall–Kier alpha value is -3.20. The highest BCUT2D eigenvalue weighted by Crippen LogP contribution is 2.20. The molecule has 0 aliphatic rings. The Bertz CT molecular complexity index is 1030. The summed E-state index contributed by atoms with van der Waals surface area (Å²) in [6.07, 6.45) is 1.44. The molecule has 0 unspecified atom stereocenters.